The van der Waals surface area contributed by atoms with Gasteiger partial charge in [0.2, 0.25) is 0 Å². The number of nitrogens with two attached hydrogens (primary N) is 1. The minimum atomic E-state index is -3.92. The third-order valence-corrected chi connectivity index (χ3v) is 7.16. The smallest absolute Gasteiger partial charge is 0.312 e. The van der Waals surface area contributed by atoms with Crippen molar-refractivity contribution in [2.75, 3.05) is 56.2 Å². The van der Waals surface area contributed by atoms with E-state index in [2.05, 4.69) is 41.6 Å². The molecule has 1 atom stereocenters. The normalized spacial score (nSPS) is 15.4. The van der Waals surface area contributed by atoms with Gasteiger partial charge < -0.3 is 15.8 Å². The van der Waals surface area contributed by atoms with Crippen LogP contribution in [0.1, 0.15) is 24.4 Å². The van der Waals surface area contributed by atoms with Crippen LogP contribution >= 0.6 is 11.6 Å². The molecule has 3 aromatic rings. The number of nitrogens with one attached hydrogen (secondary N) is 3. The van der Waals surface area contributed by atoms with Crippen molar-refractivity contribution in [2.24, 2.45) is 0 Å². The van der Waals surface area contributed by atoms with Gasteiger partial charge in [-0.2, -0.15) is 8.42 Å². The Morgan fingerprint density at radius 3 is 2.55 bits per heavy atom. The van der Waals surface area contributed by atoms with Crippen molar-refractivity contribution in [3.63, 3.8) is 0 Å². The molecule has 0 bridgehead atoms. The zero-order valence-corrected chi connectivity index (χ0v) is 23.1. The first kappa shape index (κ1) is 27.9. The van der Waals surface area contributed by atoms with Crippen molar-refractivity contribution in [3.05, 3.63) is 47.1 Å². The van der Waals surface area contributed by atoms with Crippen LogP contribution in [0.25, 0.3) is 11.3 Å². The molecule has 1 saturated heterocycles. The predicted octanol–water partition coefficient (Wildman–Crippen LogP) is 2.34. The number of anilines is 4. The highest BCUT2D eigenvalue weighted by Crippen LogP contribution is 2.33. The second kappa shape index (κ2) is 11.7. The molecule has 0 aromatic carbocycles. The van der Waals surface area contributed by atoms with Crippen molar-refractivity contribution < 1.29 is 13.2 Å². The number of rotatable bonds is 9. The van der Waals surface area contributed by atoms with E-state index in [4.69, 9.17) is 27.1 Å². The molecule has 38 heavy (non-hydrogen) atoms. The number of aryl methyl sites for hydroxylation is 1. The number of pyridine rings is 2. The van der Waals surface area contributed by atoms with Crippen molar-refractivity contribution in [1.29, 1.82) is 0 Å². The molecule has 1 fully saturated rings. The molecule has 0 spiro atoms. The van der Waals surface area contributed by atoms with Gasteiger partial charge in [-0.05, 0) is 31.5 Å². The van der Waals surface area contributed by atoms with Crippen molar-refractivity contribution in [1.82, 2.24) is 34.7 Å². The number of aromatic nitrogens is 4. The van der Waals surface area contributed by atoms with Crippen LogP contribution in [0, 0.1) is 6.92 Å². The number of nitrogen functional groups attached to an aromatic ring is 1. The fraction of sp³-hybridized carbons (Fsp3) is 0.391. The van der Waals surface area contributed by atoms with Crippen LogP contribution in [0.5, 0.6) is 0 Å². The van der Waals surface area contributed by atoms with E-state index in [-0.39, 0.29) is 16.9 Å². The molecule has 5 N–H and O–H groups in total. The number of hydrogen-bond acceptors (Lipinski definition) is 11. The molecular formula is C23H31ClN10O3S. The van der Waals surface area contributed by atoms with Gasteiger partial charge in [0.25, 0.3) is 0 Å². The van der Waals surface area contributed by atoms with Gasteiger partial charge in [0.1, 0.15) is 17.5 Å². The van der Waals surface area contributed by atoms with E-state index in [1.807, 2.05) is 6.07 Å². The number of ether oxygens (including phenoxy) is 1. The summed E-state index contributed by atoms with van der Waals surface area (Å²) in [4.78, 5) is 22.2. The molecule has 3 aromatic heterocycles. The van der Waals surface area contributed by atoms with Crippen molar-refractivity contribution in [2.45, 2.75) is 19.9 Å². The minimum absolute atomic E-state index is 0.0123. The van der Waals surface area contributed by atoms with Crippen LogP contribution in [0.2, 0.25) is 5.15 Å². The Balaban J connectivity index is 1.70. The van der Waals surface area contributed by atoms with Crippen LogP contribution in [-0.4, -0.2) is 78.7 Å². The monoisotopic (exact) mass is 562 g/mol. The van der Waals surface area contributed by atoms with E-state index in [0.29, 0.717) is 47.6 Å². The van der Waals surface area contributed by atoms with Crippen LogP contribution in [0.3, 0.4) is 0 Å². The average molecular weight is 563 g/mol. The van der Waals surface area contributed by atoms with E-state index in [9.17, 15) is 8.42 Å². The van der Waals surface area contributed by atoms with Crippen molar-refractivity contribution >= 4 is 44.8 Å². The quantitative estimate of drug-likeness (QED) is 0.223. The average Bonchev–Trinajstić information content (AvgIpc) is 2.85. The summed E-state index contributed by atoms with van der Waals surface area (Å²) in [5.41, 5.74) is 8.87. The van der Waals surface area contributed by atoms with E-state index < -0.39 is 10.2 Å². The lowest BCUT2D eigenvalue weighted by molar-refractivity contribution is 0.0198. The molecule has 1 aliphatic heterocycles. The largest absolute Gasteiger partial charge is 0.384 e. The first-order valence-corrected chi connectivity index (χ1v) is 13.7. The van der Waals surface area contributed by atoms with Crippen LogP contribution in [0.4, 0.5) is 23.0 Å². The third-order valence-electron chi connectivity index (χ3n) is 5.77. The molecule has 0 unspecified atom stereocenters. The highest BCUT2D eigenvalue weighted by Gasteiger charge is 2.21. The Labute approximate surface area is 226 Å². The number of nitrogens with zero attached hydrogens (tertiary/aromatic N) is 6. The van der Waals surface area contributed by atoms with Crippen molar-refractivity contribution in [3.8, 4) is 11.3 Å². The summed E-state index contributed by atoms with van der Waals surface area (Å²) >= 11 is 6.17. The fourth-order valence-electron chi connectivity index (χ4n) is 4.04. The molecule has 13 nitrogen and oxygen atoms in total. The van der Waals surface area contributed by atoms with Gasteiger partial charge in [-0.3, -0.25) is 9.62 Å². The van der Waals surface area contributed by atoms with Crippen LogP contribution in [0.15, 0.2) is 30.6 Å². The number of hydrogen-bond donors (Lipinski definition) is 4. The maximum Gasteiger partial charge on any atom is 0.312 e. The summed E-state index contributed by atoms with van der Waals surface area (Å²) in [5.74, 6) is 1.34. The summed E-state index contributed by atoms with van der Waals surface area (Å²) in [5, 5.41) is 4.49. The van der Waals surface area contributed by atoms with Crippen LogP contribution < -0.4 is 20.6 Å². The minimum Gasteiger partial charge on any atom is -0.384 e. The molecule has 15 heteroatoms. The van der Waals surface area contributed by atoms with Gasteiger partial charge >= 0.3 is 10.2 Å². The molecule has 0 saturated carbocycles. The Hall–Kier alpha value is -3.14. The highest BCUT2D eigenvalue weighted by molar-refractivity contribution is 7.90. The molecule has 0 amide bonds. The lowest BCUT2D eigenvalue weighted by Crippen LogP contribution is -2.40. The standard InChI is InChI=1S/C23H31ClN10O3S/c1-14(34-5-7-37-8-6-34)16-9-18(19-11-21(25)29-15(2)28-19)23(27-12-16)30-17-10-20(22(24)26-13-17)31-38(35,36)32-33(3)4/h9-14,31-32H,5-8H2,1-4H3,(H,27,30)(H2,25,28,29)/t14-/m0/s1. The Morgan fingerprint density at radius 1 is 1.13 bits per heavy atom. The summed E-state index contributed by atoms with van der Waals surface area (Å²) in [6.45, 7) is 6.92. The van der Waals surface area contributed by atoms with Gasteiger partial charge in [0.05, 0.1) is 36.5 Å². The Bertz CT molecular complexity index is 1380. The molecule has 204 valence electrons. The molecule has 4 rings (SSSR count). The van der Waals surface area contributed by atoms with Gasteiger partial charge in [0, 0.05) is 51.1 Å². The second-order valence-corrected chi connectivity index (χ2v) is 10.7. The number of hydrazine groups is 1. The Kier molecular flexibility index (Phi) is 8.60. The predicted molar refractivity (Wildman–Crippen MR) is 147 cm³/mol. The Morgan fingerprint density at radius 2 is 1.87 bits per heavy atom. The summed E-state index contributed by atoms with van der Waals surface area (Å²) in [6, 6.07) is 5.33. The summed E-state index contributed by atoms with van der Waals surface area (Å²) in [7, 11) is -0.817. The maximum absolute atomic E-state index is 12.3. The second-order valence-electron chi connectivity index (χ2n) is 8.99. The van der Waals surface area contributed by atoms with E-state index >= 15 is 0 Å². The van der Waals surface area contributed by atoms with E-state index in [1.165, 1.54) is 17.3 Å². The molecule has 0 aliphatic carbocycles. The zero-order valence-electron chi connectivity index (χ0n) is 21.6. The zero-order chi connectivity index (χ0) is 27.4. The molecule has 0 radical (unpaired) electrons. The van der Waals surface area contributed by atoms with E-state index in [0.717, 1.165) is 18.7 Å². The van der Waals surface area contributed by atoms with Gasteiger partial charge in [-0.25, -0.2) is 24.9 Å². The van der Waals surface area contributed by atoms with Crippen LogP contribution in [-0.2, 0) is 14.9 Å². The number of morpholine rings is 1. The SMILES string of the molecule is Cc1nc(N)cc(-c2cc([C@H](C)N3CCOCC3)cnc2Nc2cnc(Cl)c(NS(=O)(=O)NN(C)C)c2)n1. The van der Waals surface area contributed by atoms with E-state index in [1.54, 1.807) is 33.3 Å². The first-order valence-electron chi connectivity index (χ1n) is 11.8. The number of halogens is 1. The fourth-order valence-corrected chi connectivity index (χ4v) is 5.22. The third kappa shape index (κ3) is 7.03. The van der Waals surface area contributed by atoms with Gasteiger partial charge in [0.15, 0.2) is 5.15 Å². The topological polar surface area (TPSA) is 164 Å². The lowest BCUT2D eigenvalue weighted by atomic mass is 10.0. The van der Waals surface area contributed by atoms with Gasteiger partial charge in [-0.15, -0.1) is 4.83 Å². The maximum atomic E-state index is 12.3. The summed E-state index contributed by atoms with van der Waals surface area (Å²) < 4.78 is 32.6. The molecule has 1 aliphatic rings. The molecular weight excluding hydrogens is 532 g/mol. The molecule has 4 heterocycles. The lowest BCUT2D eigenvalue weighted by Gasteiger charge is -2.32. The first-order chi connectivity index (χ1) is 18.0. The highest BCUT2D eigenvalue weighted by atomic mass is 35.5. The van der Waals surface area contributed by atoms with Gasteiger partial charge in [-0.1, -0.05) is 11.6 Å². The summed E-state index contributed by atoms with van der Waals surface area (Å²) in [6.07, 6.45) is 3.28.